The Labute approximate surface area is 136 Å². The Morgan fingerprint density at radius 2 is 2.17 bits per heavy atom. The first-order valence-electron chi connectivity index (χ1n) is 7.84. The van der Waals surface area contributed by atoms with Crippen LogP contribution >= 0.6 is 0 Å². The molecule has 126 valence electrons. The van der Waals surface area contributed by atoms with Gasteiger partial charge in [0, 0.05) is 38.1 Å². The quantitative estimate of drug-likeness (QED) is 0.862. The van der Waals surface area contributed by atoms with Crippen LogP contribution in [0.5, 0.6) is 11.5 Å². The second-order valence-electron chi connectivity index (χ2n) is 5.79. The first-order chi connectivity index (χ1) is 10.9. The number of nitrogens with zero attached hydrogens (tertiary/aromatic N) is 1. The Kier molecular flexibility index (Phi) is 5.47. The molecule has 2 amide bonds. The van der Waals surface area contributed by atoms with Crippen molar-refractivity contribution in [2.75, 3.05) is 20.2 Å². The molecule has 0 unspecified atom stereocenters. The standard InChI is InChI=1S/C17H24N2O4/c1-5-22-15-7-13-6-11(2)23-16(13)8-14(15)9-18-17(21)10-19(4)12(3)20/h7-8,11H,5-6,9-10H2,1-4H3,(H,18,21)/t11-/m1/s1. The van der Waals surface area contributed by atoms with Crippen LogP contribution in [0.4, 0.5) is 0 Å². The minimum Gasteiger partial charge on any atom is -0.494 e. The summed E-state index contributed by atoms with van der Waals surface area (Å²) in [6, 6.07) is 3.92. The van der Waals surface area contributed by atoms with Crippen molar-refractivity contribution in [1.29, 1.82) is 0 Å². The molecule has 0 spiro atoms. The monoisotopic (exact) mass is 320 g/mol. The van der Waals surface area contributed by atoms with Gasteiger partial charge in [-0.25, -0.2) is 0 Å². The van der Waals surface area contributed by atoms with Crippen molar-refractivity contribution in [3.05, 3.63) is 23.3 Å². The number of rotatable bonds is 6. The van der Waals surface area contributed by atoms with Crippen LogP contribution in [0, 0.1) is 0 Å². The number of hydrogen-bond acceptors (Lipinski definition) is 4. The van der Waals surface area contributed by atoms with Crippen molar-refractivity contribution in [1.82, 2.24) is 10.2 Å². The summed E-state index contributed by atoms with van der Waals surface area (Å²) < 4.78 is 11.4. The summed E-state index contributed by atoms with van der Waals surface area (Å²) >= 11 is 0. The molecule has 23 heavy (non-hydrogen) atoms. The minimum atomic E-state index is -0.208. The molecule has 1 N–H and O–H groups in total. The van der Waals surface area contributed by atoms with E-state index in [2.05, 4.69) is 5.32 Å². The summed E-state index contributed by atoms with van der Waals surface area (Å²) in [5.74, 6) is 1.27. The minimum absolute atomic E-state index is 0.0395. The first kappa shape index (κ1) is 17.1. The fourth-order valence-electron chi connectivity index (χ4n) is 2.49. The maximum atomic E-state index is 11.9. The maximum absolute atomic E-state index is 11.9. The van der Waals surface area contributed by atoms with E-state index >= 15 is 0 Å². The van der Waals surface area contributed by atoms with Crippen molar-refractivity contribution in [2.45, 2.75) is 39.8 Å². The van der Waals surface area contributed by atoms with E-state index in [1.54, 1.807) is 7.05 Å². The van der Waals surface area contributed by atoms with Gasteiger partial charge in [0.15, 0.2) is 0 Å². The zero-order valence-corrected chi connectivity index (χ0v) is 14.1. The fraction of sp³-hybridized carbons (Fsp3) is 0.529. The van der Waals surface area contributed by atoms with Gasteiger partial charge in [-0.15, -0.1) is 0 Å². The van der Waals surface area contributed by atoms with E-state index in [1.807, 2.05) is 26.0 Å². The van der Waals surface area contributed by atoms with Gasteiger partial charge in [-0.2, -0.15) is 0 Å². The second-order valence-corrected chi connectivity index (χ2v) is 5.79. The second kappa shape index (κ2) is 7.35. The van der Waals surface area contributed by atoms with Gasteiger partial charge < -0.3 is 19.7 Å². The normalized spacial score (nSPS) is 15.6. The van der Waals surface area contributed by atoms with Crippen LogP contribution in [0.1, 0.15) is 31.9 Å². The van der Waals surface area contributed by atoms with Gasteiger partial charge in [0.25, 0.3) is 0 Å². The van der Waals surface area contributed by atoms with Gasteiger partial charge in [0.1, 0.15) is 17.6 Å². The number of carbonyl (C=O) groups is 2. The fourth-order valence-corrected chi connectivity index (χ4v) is 2.49. The third-order valence-electron chi connectivity index (χ3n) is 3.77. The summed E-state index contributed by atoms with van der Waals surface area (Å²) in [7, 11) is 1.60. The Bertz CT molecular complexity index is 601. The Hall–Kier alpha value is -2.24. The van der Waals surface area contributed by atoms with Crippen LogP contribution in [0.25, 0.3) is 0 Å². The summed E-state index contributed by atoms with van der Waals surface area (Å²) in [4.78, 5) is 24.4. The molecule has 1 heterocycles. The molecule has 1 aromatic carbocycles. The highest BCUT2D eigenvalue weighted by Gasteiger charge is 2.22. The average molecular weight is 320 g/mol. The Balaban J connectivity index is 2.05. The molecular weight excluding hydrogens is 296 g/mol. The van der Waals surface area contributed by atoms with Crippen molar-refractivity contribution in [3.63, 3.8) is 0 Å². The van der Waals surface area contributed by atoms with E-state index in [-0.39, 0.29) is 24.5 Å². The molecule has 0 aromatic heterocycles. The van der Waals surface area contributed by atoms with Crippen molar-refractivity contribution >= 4 is 11.8 Å². The van der Waals surface area contributed by atoms with E-state index in [0.29, 0.717) is 13.2 Å². The zero-order valence-electron chi connectivity index (χ0n) is 14.1. The summed E-state index contributed by atoms with van der Waals surface area (Å²) in [6.07, 6.45) is 1.03. The number of likely N-dealkylation sites (N-methyl/N-ethyl adjacent to an activating group) is 1. The lowest BCUT2D eigenvalue weighted by Gasteiger charge is -2.16. The van der Waals surface area contributed by atoms with E-state index in [9.17, 15) is 9.59 Å². The molecule has 1 aromatic rings. The molecule has 6 nitrogen and oxygen atoms in total. The SMILES string of the molecule is CCOc1cc2c(cc1CNC(=O)CN(C)C(C)=O)O[C@H](C)C2. The Morgan fingerprint density at radius 1 is 1.43 bits per heavy atom. The van der Waals surface area contributed by atoms with E-state index in [4.69, 9.17) is 9.47 Å². The number of amides is 2. The van der Waals surface area contributed by atoms with Crippen LogP contribution in [0.15, 0.2) is 12.1 Å². The molecule has 0 saturated carbocycles. The lowest BCUT2D eigenvalue weighted by Crippen LogP contribution is -2.37. The molecule has 0 fully saturated rings. The van der Waals surface area contributed by atoms with Crippen LogP contribution in [0.3, 0.4) is 0 Å². The average Bonchev–Trinajstić information content (AvgIpc) is 2.84. The molecule has 6 heteroatoms. The number of nitrogens with one attached hydrogen (secondary N) is 1. The van der Waals surface area contributed by atoms with E-state index in [0.717, 1.165) is 29.0 Å². The van der Waals surface area contributed by atoms with Crippen molar-refractivity contribution < 1.29 is 19.1 Å². The molecule has 1 atom stereocenters. The summed E-state index contributed by atoms with van der Waals surface area (Å²) in [5, 5.41) is 2.82. The highest BCUT2D eigenvalue weighted by Crippen LogP contribution is 2.35. The van der Waals surface area contributed by atoms with Gasteiger partial charge in [-0.1, -0.05) is 0 Å². The van der Waals surface area contributed by atoms with Crippen LogP contribution in [-0.4, -0.2) is 43.0 Å². The molecule has 0 radical (unpaired) electrons. The van der Waals surface area contributed by atoms with Gasteiger partial charge >= 0.3 is 0 Å². The molecular formula is C17H24N2O4. The largest absolute Gasteiger partial charge is 0.494 e. The number of fused-ring (bicyclic) bond motifs is 1. The summed E-state index contributed by atoms with van der Waals surface area (Å²) in [6.45, 7) is 6.32. The molecule has 1 aliphatic heterocycles. The third-order valence-corrected chi connectivity index (χ3v) is 3.77. The highest BCUT2D eigenvalue weighted by molar-refractivity contribution is 5.83. The lowest BCUT2D eigenvalue weighted by molar-refractivity contribution is -0.133. The van der Waals surface area contributed by atoms with Crippen LogP contribution in [-0.2, 0) is 22.6 Å². The molecule has 0 bridgehead atoms. The van der Waals surface area contributed by atoms with E-state index < -0.39 is 0 Å². The maximum Gasteiger partial charge on any atom is 0.239 e. The van der Waals surface area contributed by atoms with Gasteiger partial charge in [0.05, 0.1) is 13.2 Å². The molecule has 1 aliphatic rings. The number of carbonyl (C=O) groups excluding carboxylic acids is 2. The smallest absolute Gasteiger partial charge is 0.239 e. The number of hydrogen-bond donors (Lipinski definition) is 1. The van der Waals surface area contributed by atoms with Gasteiger partial charge in [-0.05, 0) is 26.0 Å². The topological polar surface area (TPSA) is 67.9 Å². The van der Waals surface area contributed by atoms with Gasteiger partial charge in [-0.3, -0.25) is 9.59 Å². The zero-order chi connectivity index (χ0) is 17.0. The molecule has 2 rings (SSSR count). The van der Waals surface area contributed by atoms with Gasteiger partial charge in [0.2, 0.25) is 11.8 Å². The predicted octanol–water partition coefficient (Wildman–Crippen LogP) is 1.50. The van der Waals surface area contributed by atoms with Crippen molar-refractivity contribution in [3.8, 4) is 11.5 Å². The van der Waals surface area contributed by atoms with Crippen molar-refractivity contribution in [2.24, 2.45) is 0 Å². The first-order valence-corrected chi connectivity index (χ1v) is 7.84. The number of benzene rings is 1. The van der Waals surface area contributed by atoms with Crippen LogP contribution < -0.4 is 14.8 Å². The third kappa shape index (κ3) is 4.37. The highest BCUT2D eigenvalue weighted by atomic mass is 16.5. The lowest BCUT2D eigenvalue weighted by atomic mass is 10.1. The molecule has 0 saturated heterocycles. The molecule has 0 aliphatic carbocycles. The van der Waals surface area contributed by atoms with Crippen LogP contribution in [0.2, 0.25) is 0 Å². The number of ether oxygens (including phenoxy) is 2. The predicted molar refractivity (Wildman–Crippen MR) is 86.6 cm³/mol. The summed E-state index contributed by atoms with van der Waals surface area (Å²) in [5.41, 5.74) is 2.01. The Morgan fingerprint density at radius 3 is 2.83 bits per heavy atom. The van der Waals surface area contributed by atoms with E-state index in [1.165, 1.54) is 11.8 Å².